The number of piperazine rings is 1. The number of halogens is 1. The Labute approximate surface area is 168 Å². The molecule has 7 nitrogen and oxygen atoms in total. The Balaban J connectivity index is 1.55. The summed E-state index contributed by atoms with van der Waals surface area (Å²) in [6, 6.07) is 7.64. The molecule has 3 rings (SSSR count). The van der Waals surface area contributed by atoms with Crippen LogP contribution in [-0.2, 0) is 11.2 Å². The number of pyridine rings is 1. The van der Waals surface area contributed by atoms with E-state index >= 15 is 0 Å². The van der Waals surface area contributed by atoms with Gasteiger partial charge in [-0.15, -0.1) is 0 Å². The van der Waals surface area contributed by atoms with Gasteiger partial charge in [-0.3, -0.25) is 19.4 Å². The number of aromatic nitrogens is 1. The largest absolute Gasteiger partial charge is 0.352 e. The smallest absolute Gasteiger partial charge is 0.255 e. The zero-order valence-corrected chi connectivity index (χ0v) is 16.2. The summed E-state index contributed by atoms with van der Waals surface area (Å²) < 4.78 is 12.9. The minimum Gasteiger partial charge on any atom is -0.352 e. The van der Waals surface area contributed by atoms with Crippen molar-refractivity contribution in [2.24, 2.45) is 0 Å². The van der Waals surface area contributed by atoms with Crippen molar-refractivity contribution in [2.45, 2.75) is 13.3 Å². The number of nitrogens with zero attached hydrogens (tertiary/aromatic N) is 3. The second-order valence-electron chi connectivity index (χ2n) is 6.89. The van der Waals surface area contributed by atoms with Crippen LogP contribution in [-0.4, -0.2) is 65.2 Å². The molecule has 0 saturated carbocycles. The first-order valence-electron chi connectivity index (χ1n) is 9.46. The number of carbonyl (C=O) groups excluding carboxylic acids is 3. The monoisotopic (exact) mass is 398 g/mol. The molecule has 1 aliphatic rings. The van der Waals surface area contributed by atoms with E-state index < -0.39 is 0 Å². The lowest BCUT2D eigenvalue weighted by Crippen LogP contribution is -2.50. The van der Waals surface area contributed by atoms with Gasteiger partial charge >= 0.3 is 0 Å². The van der Waals surface area contributed by atoms with Gasteiger partial charge in [0.05, 0.1) is 11.1 Å². The molecule has 0 aliphatic carbocycles. The molecule has 1 aromatic heterocycles. The quantitative estimate of drug-likeness (QED) is 0.828. The van der Waals surface area contributed by atoms with Crippen molar-refractivity contribution < 1.29 is 18.8 Å². The molecule has 3 amide bonds. The SMILES string of the molecule is CC(=O)N1CCN(C(=O)c2cncc(C(=O)NCCc3ccc(F)cc3)c2)CC1. The maximum absolute atomic E-state index is 12.9. The van der Waals surface area contributed by atoms with Gasteiger partial charge in [0.2, 0.25) is 5.91 Å². The molecule has 1 saturated heterocycles. The number of carbonyl (C=O) groups is 3. The number of benzene rings is 1. The summed E-state index contributed by atoms with van der Waals surface area (Å²) in [4.78, 5) is 43.9. The summed E-state index contributed by atoms with van der Waals surface area (Å²) in [6.45, 7) is 3.80. The Morgan fingerprint density at radius 1 is 1.00 bits per heavy atom. The third kappa shape index (κ3) is 5.37. The van der Waals surface area contributed by atoms with Gasteiger partial charge in [0.1, 0.15) is 5.82 Å². The summed E-state index contributed by atoms with van der Waals surface area (Å²) in [6.07, 6.45) is 3.42. The molecule has 0 radical (unpaired) electrons. The molecule has 0 atom stereocenters. The number of hydrogen-bond acceptors (Lipinski definition) is 4. The third-order valence-electron chi connectivity index (χ3n) is 4.87. The highest BCUT2D eigenvalue weighted by Gasteiger charge is 2.24. The third-order valence-corrected chi connectivity index (χ3v) is 4.87. The van der Waals surface area contributed by atoms with Crippen molar-refractivity contribution in [2.75, 3.05) is 32.7 Å². The lowest BCUT2D eigenvalue weighted by Gasteiger charge is -2.34. The van der Waals surface area contributed by atoms with E-state index in [-0.39, 0.29) is 23.5 Å². The van der Waals surface area contributed by atoms with Crippen LogP contribution in [0.1, 0.15) is 33.2 Å². The van der Waals surface area contributed by atoms with Crippen LogP contribution >= 0.6 is 0 Å². The summed E-state index contributed by atoms with van der Waals surface area (Å²) in [5, 5.41) is 2.78. The minimum absolute atomic E-state index is 0.00179. The van der Waals surface area contributed by atoms with E-state index in [1.807, 2.05) is 0 Å². The highest BCUT2D eigenvalue weighted by Crippen LogP contribution is 2.10. The second-order valence-corrected chi connectivity index (χ2v) is 6.89. The summed E-state index contributed by atoms with van der Waals surface area (Å²) in [5.41, 5.74) is 1.56. The predicted octanol–water partition coefficient (Wildman–Crippen LogP) is 1.50. The van der Waals surface area contributed by atoms with Crippen LogP contribution < -0.4 is 5.32 Å². The number of nitrogens with one attached hydrogen (secondary N) is 1. The standard InChI is InChI=1S/C21H23FN4O3/c1-15(27)25-8-10-26(11-9-25)21(29)18-12-17(13-23-14-18)20(28)24-7-6-16-2-4-19(22)5-3-16/h2-5,12-14H,6-11H2,1H3,(H,24,28). The first-order valence-corrected chi connectivity index (χ1v) is 9.46. The van der Waals surface area contributed by atoms with E-state index in [1.165, 1.54) is 37.5 Å². The fourth-order valence-corrected chi connectivity index (χ4v) is 3.16. The van der Waals surface area contributed by atoms with Crippen LogP contribution in [0.25, 0.3) is 0 Å². The number of amides is 3. The normalized spacial score (nSPS) is 13.9. The molecule has 1 N–H and O–H groups in total. The molecule has 152 valence electrons. The van der Waals surface area contributed by atoms with Gasteiger partial charge in [0.25, 0.3) is 11.8 Å². The zero-order valence-electron chi connectivity index (χ0n) is 16.2. The molecule has 1 aromatic carbocycles. The first-order chi connectivity index (χ1) is 13.9. The molecule has 0 unspecified atom stereocenters. The van der Waals surface area contributed by atoms with Crippen LogP contribution in [0.2, 0.25) is 0 Å². The van der Waals surface area contributed by atoms with Crippen molar-refractivity contribution in [3.05, 3.63) is 65.2 Å². The number of hydrogen-bond donors (Lipinski definition) is 1. The molecule has 8 heteroatoms. The summed E-state index contributed by atoms with van der Waals surface area (Å²) in [5.74, 6) is -0.830. The molecule has 2 aromatic rings. The molecule has 0 bridgehead atoms. The lowest BCUT2D eigenvalue weighted by atomic mass is 10.1. The fraction of sp³-hybridized carbons (Fsp3) is 0.333. The molecule has 0 spiro atoms. The van der Waals surface area contributed by atoms with Gasteiger partial charge in [-0.25, -0.2) is 4.39 Å². The van der Waals surface area contributed by atoms with Crippen molar-refractivity contribution in [1.29, 1.82) is 0 Å². The van der Waals surface area contributed by atoms with E-state index in [0.29, 0.717) is 50.3 Å². The molecular weight excluding hydrogens is 375 g/mol. The Kier molecular flexibility index (Phi) is 6.54. The Morgan fingerprint density at radius 3 is 2.28 bits per heavy atom. The fourth-order valence-electron chi connectivity index (χ4n) is 3.16. The molecule has 1 fully saturated rings. The van der Waals surface area contributed by atoms with Crippen molar-refractivity contribution in [1.82, 2.24) is 20.1 Å². The Bertz CT molecular complexity index is 893. The molecule has 29 heavy (non-hydrogen) atoms. The van der Waals surface area contributed by atoms with Crippen molar-refractivity contribution in [3.63, 3.8) is 0 Å². The van der Waals surface area contributed by atoms with Crippen molar-refractivity contribution >= 4 is 17.7 Å². The van der Waals surface area contributed by atoms with Crippen LogP contribution in [0.4, 0.5) is 4.39 Å². The molecule has 1 aliphatic heterocycles. The van der Waals surface area contributed by atoms with Crippen LogP contribution in [0.5, 0.6) is 0 Å². The van der Waals surface area contributed by atoms with E-state index in [2.05, 4.69) is 10.3 Å². The van der Waals surface area contributed by atoms with Gasteiger partial charge in [0.15, 0.2) is 0 Å². The van der Waals surface area contributed by atoms with Crippen LogP contribution in [0.15, 0.2) is 42.7 Å². The number of rotatable bonds is 5. The van der Waals surface area contributed by atoms with Crippen LogP contribution in [0, 0.1) is 5.82 Å². The zero-order chi connectivity index (χ0) is 20.8. The van der Waals surface area contributed by atoms with Gasteiger partial charge in [0, 0.05) is 52.0 Å². The first kappa shape index (κ1) is 20.4. The van der Waals surface area contributed by atoms with Crippen LogP contribution in [0.3, 0.4) is 0 Å². The summed E-state index contributed by atoms with van der Waals surface area (Å²) >= 11 is 0. The molecular formula is C21H23FN4O3. The Hall–Kier alpha value is -3.29. The summed E-state index contributed by atoms with van der Waals surface area (Å²) in [7, 11) is 0. The van der Waals surface area contributed by atoms with E-state index in [4.69, 9.17) is 0 Å². The maximum atomic E-state index is 12.9. The van der Waals surface area contributed by atoms with Gasteiger partial charge < -0.3 is 15.1 Å². The second kappa shape index (κ2) is 9.27. The highest BCUT2D eigenvalue weighted by atomic mass is 19.1. The van der Waals surface area contributed by atoms with E-state index in [0.717, 1.165) is 5.56 Å². The van der Waals surface area contributed by atoms with Gasteiger partial charge in [-0.2, -0.15) is 0 Å². The highest BCUT2D eigenvalue weighted by molar-refractivity contribution is 5.99. The van der Waals surface area contributed by atoms with Crippen molar-refractivity contribution in [3.8, 4) is 0 Å². The predicted molar refractivity (Wildman–Crippen MR) is 105 cm³/mol. The average molecular weight is 398 g/mol. The molecule has 2 heterocycles. The maximum Gasteiger partial charge on any atom is 0.255 e. The average Bonchev–Trinajstić information content (AvgIpc) is 2.74. The van der Waals surface area contributed by atoms with Gasteiger partial charge in [-0.1, -0.05) is 12.1 Å². The lowest BCUT2D eigenvalue weighted by molar-refractivity contribution is -0.130. The van der Waals surface area contributed by atoms with E-state index in [1.54, 1.807) is 21.9 Å². The topological polar surface area (TPSA) is 82.6 Å². The van der Waals surface area contributed by atoms with Gasteiger partial charge in [-0.05, 0) is 30.2 Å². The minimum atomic E-state index is -0.323. The van der Waals surface area contributed by atoms with E-state index in [9.17, 15) is 18.8 Å². The Morgan fingerprint density at radius 2 is 1.62 bits per heavy atom.